The normalized spacial score (nSPS) is 11.8. The van der Waals surface area contributed by atoms with Crippen LogP contribution in [0.2, 0.25) is 5.02 Å². The molecule has 0 aliphatic heterocycles. The smallest absolute Gasteiger partial charge is 0.242 e. The van der Waals surface area contributed by atoms with Crippen LogP contribution in [0.15, 0.2) is 46.5 Å². The predicted octanol–water partition coefficient (Wildman–Crippen LogP) is 4.09. The summed E-state index contributed by atoms with van der Waals surface area (Å²) >= 11 is 7.39. The first-order valence-electron chi connectivity index (χ1n) is 9.86. The van der Waals surface area contributed by atoms with Crippen molar-refractivity contribution in [1.29, 1.82) is 0 Å². The summed E-state index contributed by atoms with van der Waals surface area (Å²) < 4.78 is 33.3. The molecule has 0 unspecified atom stereocenters. The quantitative estimate of drug-likeness (QED) is 0.448. The molecule has 0 bridgehead atoms. The zero-order chi connectivity index (χ0) is 23.5. The standard InChI is InChI=1S/C21H25ClN4O4S2/c1-5-10-26-18-8-6-14(22)11-16(18)24-21(26)31-13-20(27)23-17-12-15(7-9-19(17)30-4)32(28,29)25(2)3/h6-9,11-12H,5,10,13H2,1-4H3,(H,23,27). The molecule has 0 saturated heterocycles. The number of sulfonamides is 1. The van der Waals surface area contributed by atoms with Gasteiger partial charge in [-0.25, -0.2) is 17.7 Å². The molecule has 0 aliphatic carbocycles. The van der Waals surface area contributed by atoms with E-state index in [9.17, 15) is 13.2 Å². The highest BCUT2D eigenvalue weighted by Gasteiger charge is 2.20. The number of hydrogen-bond acceptors (Lipinski definition) is 6. The number of carbonyl (C=O) groups is 1. The molecule has 2 aromatic carbocycles. The van der Waals surface area contributed by atoms with E-state index in [4.69, 9.17) is 16.3 Å². The number of anilines is 1. The first-order valence-corrected chi connectivity index (χ1v) is 12.7. The van der Waals surface area contributed by atoms with E-state index in [1.165, 1.54) is 51.2 Å². The summed E-state index contributed by atoms with van der Waals surface area (Å²) in [5.74, 6) is 0.156. The average molecular weight is 497 g/mol. The topological polar surface area (TPSA) is 93.5 Å². The lowest BCUT2D eigenvalue weighted by molar-refractivity contribution is -0.113. The van der Waals surface area contributed by atoms with Crippen LogP contribution in [0.4, 0.5) is 5.69 Å². The Morgan fingerprint density at radius 3 is 2.66 bits per heavy atom. The van der Waals surface area contributed by atoms with Gasteiger partial charge in [0.2, 0.25) is 15.9 Å². The van der Waals surface area contributed by atoms with Gasteiger partial charge in [0.25, 0.3) is 0 Å². The van der Waals surface area contributed by atoms with E-state index in [1.807, 2.05) is 12.1 Å². The number of methoxy groups -OCH3 is 1. The molecule has 0 atom stereocenters. The maximum absolute atomic E-state index is 12.7. The Balaban J connectivity index is 1.80. The third kappa shape index (κ3) is 5.20. The van der Waals surface area contributed by atoms with Crippen LogP contribution in [0.25, 0.3) is 11.0 Å². The number of carbonyl (C=O) groups excluding carboxylic acids is 1. The van der Waals surface area contributed by atoms with E-state index in [1.54, 1.807) is 6.07 Å². The number of benzene rings is 2. The van der Waals surface area contributed by atoms with Crippen molar-refractivity contribution < 1.29 is 17.9 Å². The van der Waals surface area contributed by atoms with Crippen molar-refractivity contribution in [2.24, 2.45) is 0 Å². The van der Waals surface area contributed by atoms with Gasteiger partial charge < -0.3 is 14.6 Å². The first kappa shape index (κ1) is 24.4. The predicted molar refractivity (Wildman–Crippen MR) is 128 cm³/mol. The highest BCUT2D eigenvalue weighted by molar-refractivity contribution is 7.99. The van der Waals surface area contributed by atoms with Gasteiger partial charge in [0.15, 0.2) is 5.16 Å². The highest BCUT2D eigenvalue weighted by atomic mass is 35.5. The van der Waals surface area contributed by atoms with Crippen LogP contribution < -0.4 is 10.1 Å². The second-order valence-electron chi connectivity index (χ2n) is 7.17. The molecule has 32 heavy (non-hydrogen) atoms. The summed E-state index contributed by atoms with van der Waals surface area (Å²) in [6, 6.07) is 9.89. The number of imidazole rings is 1. The molecule has 3 aromatic rings. The molecule has 1 N–H and O–H groups in total. The van der Waals surface area contributed by atoms with Gasteiger partial charge in [-0.1, -0.05) is 30.3 Å². The molecule has 0 saturated carbocycles. The van der Waals surface area contributed by atoms with Gasteiger partial charge in [-0.15, -0.1) is 0 Å². The number of aromatic nitrogens is 2. The largest absolute Gasteiger partial charge is 0.495 e. The first-order chi connectivity index (χ1) is 15.2. The third-order valence-corrected chi connectivity index (χ3v) is 7.70. The summed E-state index contributed by atoms with van der Waals surface area (Å²) in [7, 11) is 0.705. The van der Waals surface area contributed by atoms with Crippen LogP contribution in [0.5, 0.6) is 5.75 Å². The van der Waals surface area contributed by atoms with Crippen molar-refractivity contribution in [2.75, 3.05) is 32.3 Å². The average Bonchev–Trinajstić information content (AvgIpc) is 3.08. The summed E-state index contributed by atoms with van der Waals surface area (Å²) in [5.41, 5.74) is 2.02. The maximum Gasteiger partial charge on any atom is 0.242 e. The van der Waals surface area contributed by atoms with Crippen molar-refractivity contribution in [3.8, 4) is 5.75 Å². The Kier molecular flexibility index (Phi) is 7.71. The molecule has 1 amide bonds. The van der Waals surface area contributed by atoms with Gasteiger partial charge in [0.1, 0.15) is 5.75 Å². The number of halogens is 1. The third-order valence-electron chi connectivity index (χ3n) is 4.68. The lowest BCUT2D eigenvalue weighted by atomic mass is 10.3. The Hall–Kier alpha value is -2.27. The van der Waals surface area contributed by atoms with Crippen LogP contribution in [0.1, 0.15) is 13.3 Å². The summed E-state index contributed by atoms with van der Waals surface area (Å²) in [5, 5.41) is 4.07. The fraction of sp³-hybridized carbons (Fsp3) is 0.333. The lowest BCUT2D eigenvalue weighted by Crippen LogP contribution is -2.22. The van der Waals surface area contributed by atoms with Crippen molar-refractivity contribution in [2.45, 2.75) is 29.9 Å². The molecule has 1 heterocycles. The summed E-state index contributed by atoms with van der Waals surface area (Å²) in [6.45, 7) is 2.84. The van der Waals surface area contributed by atoms with Crippen LogP contribution in [0, 0.1) is 0 Å². The van der Waals surface area contributed by atoms with Crippen molar-refractivity contribution in [3.05, 3.63) is 41.4 Å². The molecule has 0 aliphatic rings. The van der Waals surface area contributed by atoms with Gasteiger partial charge in [-0.05, 0) is 42.8 Å². The van der Waals surface area contributed by atoms with E-state index in [2.05, 4.69) is 21.8 Å². The Bertz CT molecular complexity index is 1240. The molecule has 8 nitrogen and oxygen atoms in total. The highest BCUT2D eigenvalue weighted by Crippen LogP contribution is 2.30. The fourth-order valence-corrected chi connectivity index (χ4v) is 5.04. The number of nitrogens with zero attached hydrogens (tertiary/aromatic N) is 3. The molecular weight excluding hydrogens is 472 g/mol. The van der Waals surface area contributed by atoms with Gasteiger partial charge in [-0.3, -0.25) is 4.79 Å². The zero-order valence-electron chi connectivity index (χ0n) is 18.3. The monoisotopic (exact) mass is 496 g/mol. The number of hydrogen-bond donors (Lipinski definition) is 1. The Morgan fingerprint density at radius 1 is 1.25 bits per heavy atom. The number of aryl methyl sites for hydroxylation is 1. The SMILES string of the molecule is CCCn1c(SCC(=O)Nc2cc(S(=O)(=O)N(C)C)ccc2OC)nc2cc(Cl)ccc21. The number of fused-ring (bicyclic) bond motifs is 1. The summed E-state index contributed by atoms with van der Waals surface area (Å²) in [6.07, 6.45) is 0.915. The van der Waals surface area contributed by atoms with Crippen molar-refractivity contribution >= 4 is 56.0 Å². The second-order valence-corrected chi connectivity index (χ2v) is 10.7. The van der Waals surface area contributed by atoms with Crippen LogP contribution in [0.3, 0.4) is 0 Å². The van der Waals surface area contributed by atoms with Gasteiger partial charge >= 0.3 is 0 Å². The van der Waals surface area contributed by atoms with Gasteiger partial charge in [-0.2, -0.15) is 0 Å². The lowest BCUT2D eigenvalue weighted by Gasteiger charge is -2.15. The number of thioether (sulfide) groups is 1. The van der Waals surface area contributed by atoms with Crippen LogP contribution >= 0.6 is 23.4 Å². The molecule has 0 fully saturated rings. The Labute approximate surface area is 197 Å². The van der Waals surface area contributed by atoms with Gasteiger partial charge in [0.05, 0.1) is 34.5 Å². The van der Waals surface area contributed by atoms with Crippen molar-refractivity contribution in [3.63, 3.8) is 0 Å². The fourth-order valence-electron chi connectivity index (χ4n) is 3.10. The van der Waals surface area contributed by atoms with Crippen molar-refractivity contribution in [1.82, 2.24) is 13.9 Å². The number of amides is 1. The van der Waals surface area contributed by atoms with E-state index in [-0.39, 0.29) is 22.2 Å². The molecule has 11 heteroatoms. The number of nitrogens with one attached hydrogen (secondary N) is 1. The minimum absolute atomic E-state index is 0.0628. The second kappa shape index (κ2) is 10.1. The van der Waals surface area contributed by atoms with Crippen LogP contribution in [-0.2, 0) is 21.4 Å². The van der Waals surface area contributed by atoms with Gasteiger partial charge in [0, 0.05) is 25.7 Å². The molecule has 3 rings (SSSR count). The van der Waals surface area contributed by atoms with Crippen LogP contribution in [-0.4, -0.2) is 55.1 Å². The minimum Gasteiger partial charge on any atom is -0.495 e. The Morgan fingerprint density at radius 2 is 2.00 bits per heavy atom. The molecular formula is C21H25ClN4O4S2. The maximum atomic E-state index is 12.7. The van der Waals surface area contributed by atoms with E-state index in [0.29, 0.717) is 10.8 Å². The van der Waals surface area contributed by atoms with E-state index >= 15 is 0 Å². The molecule has 0 radical (unpaired) electrons. The number of ether oxygens (including phenoxy) is 1. The van der Waals surface area contributed by atoms with E-state index in [0.717, 1.165) is 33.5 Å². The zero-order valence-corrected chi connectivity index (χ0v) is 20.6. The number of rotatable bonds is 9. The minimum atomic E-state index is -3.65. The summed E-state index contributed by atoms with van der Waals surface area (Å²) in [4.78, 5) is 17.4. The van der Waals surface area contributed by atoms with E-state index < -0.39 is 10.0 Å². The molecule has 0 spiro atoms. The molecule has 1 aromatic heterocycles. The molecule has 172 valence electrons.